The Morgan fingerprint density at radius 1 is 1.44 bits per heavy atom. The Bertz CT molecular complexity index is 704. The van der Waals surface area contributed by atoms with Crippen LogP contribution in [0, 0.1) is 0 Å². The fourth-order valence-electron chi connectivity index (χ4n) is 2.45. The number of ether oxygens (including phenoxy) is 1. The topological polar surface area (TPSA) is 54.7 Å². The number of hydrogen-bond donors (Lipinski definition) is 1. The van der Waals surface area contributed by atoms with Crippen molar-refractivity contribution in [1.29, 1.82) is 0 Å². The lowest BCUT2D eigenvalue weighted by Gasteiger charge is -2.21. The Kier molecular flexibility index (Phi) is 9.05. The summed E-state index contributed by atoms with van der Waals surface area (Å²) in [5.41, 5.74) is 2.22. The van der Waals surface area contributed by atoms with Crippen molar-refractivity contribution in [2.24, 2.45) is 12.0 Å². The Balaban J connectivity index is 0.00000312. The van der Waals surface area contributed by atoms with Crippen LogP contribution in [0.15, 0.2) is 35.6 Å². The molecule has 0 bridgehead atoms. The van der Waals surface area contributed by atoms with Gasteiger partial charge in [-0.25, -0.2) is 0 Å². The zero-order chi connectivity index (χ0) is 17.5. The van der Waals surface area contributed by atoms with Gasteiger partial charge in [-0.2, -0.15) is 5.10 Å². The van der Waals surface area contributed by atoms with Gasteiger partial charge >= 0.3 is 0 Å². The molecule has 0 amide bonds. The maximum absolute atomic E-state index is 6.27. The van der Waals surface area contributed by atoms with Gasteiger partial charge in [-0.05, 0) is 24.1 Å². The van der Waals surface area contributed by atoms with Gasteiger partial charge in [0.25, 0.3) is 0 Å². The van der Waals surface area contributed by atoms with Gasteiger partial charge in [0, 0.05) is 51.0 Å². The van der Waals surface area contributed by atoms with E-state index in [2.05, 4.69) is 20.3 Å². The first-order valence-electron chi connectivity index (χ1n) is 7.75. The number of nitrogens with zero attached hydrogens (tertiary/aromatic N) is 4. The van der Waals surface area contributed by atoms with Crippen LogP contribution in [0.4, 0.5) is 0 Å². The molecule has 0 aliphatic heterocycles. The van der Waals surface area contributed by atoms with Crippen molar-refractivity contribution in [2.75, 3.05) is 27.7 Å². The minimum atomic E-state index is 0. The molecule has 25 heavy (non-hydrogen) atoms. The summed E-state index contributed by atoms with van der Waals surface area (Å²) in [6.45, 7) is 1.49. The quantitative estimate of drug-likeness (QED) is 0.395. The second-order valence-corrected chi connectivity index (χ2v) is 5.97. The Labute approximate surface area is 171 Å². The van der Waals surface area contributed by atoms with Crippen LogP contribution in [0.1, 0.15) is 11.1 Å². The van der Waals surface area contributed by atoms with Gasteiger partial charge in [-0.15, -0.1) is 24.0 Å². The van der Waals surface area contributed by atoms with E-state index in [1.807, 2.05) is 44.7 Å². The first-order valence-corrected chi connectivity index (χ1v) is 8.13. The maximum Gasteiger partial charge on any atom is 0.193 e. The third kappa shape index (κ3) is 6.39. The molecular formula is C17H25ClIN5O. The van der Waals surface area contributed by atoms with E-state index in [4.69, 9.17) is 16.3 Å². The molecule has 2 rings (SSSR count). The molecule has 0 saturated carbocycles. The zero-order valence-corrected chi connectivity index (χ0v) is 18.1. The molecule has 0 unspecified atom stereocenters. The fourth-order valence-corrected chi connectivity index (χ4v) is 2.72. The summed E-state index contributed by atoms with van der Waals surface area (Å²) in [5.74, 6) is 1.60. The highest BCUT2D eigenvalue weighted by Gasteiger charge is 2.08. The summed E-state index contributed by atoms with van der Waals surface area (Å²) in [5, 5.41) is 8.26. The van der Waals surface area contributed by atoms with E-state index >= 15 is 0 Å². The highest BCUT2D eigenvalue weighted by molar-refractivity contribution is 14.0. The largest absolute Gasteiger partial charge is 0.497 e. The number of rotatable bonds is 6. The second-order valence-electron chi connectivity index (χ2n) is 5.56. The lowest BCUT2D eigenvalue weighted by Crippen LogP contribution is -2.39. The van der Waals surface area contributed by atoms with Gasteiger partial charge in [0.05, 0.1) is 13.3 Å². The summed E-state index contributed by atoms with van der Waals surface area (Å²) in [7, 11) is 7.33. The minimum Gasteiger partial charge on any atom is -0.497 e. The number of aryl methyl sites for hydroxylation is 1. The summed E-state index contributed by atoms with van der Waals surface area (Å²) < 4.78 is 6.96. The maximum atomic E-state index is 6.27. The predicted molar refractivity (Wildman–Crippen MR) is 113 cm³/mol. The molecule has 8 heteroatoms. The molecule has 138 valence electrons. The number of halogens is 2. The third-order valence-electron chi connectivity index (χ3n) is 3.69. The molecule has 1 N–H and O–H groups in total. The van der Waals surface area contributed by atoms with Crippen molar-refractivity contribution in [3.63, 3.8) is 0 Å². The molecule has 0 aliphatic rings. The monoisotopic (exact) mass is 477 g/mol. The number of guanidine groups is 1. The third-order valence-corrected chi connectivity index (χ3v) is 4.04. The smallest absolute Gasteiger partial charge is 0.193 e. The summed E-state index contributed by atoms with van der Waals surface area (Å²) in [6.07, 6.45) is 4.67. The van der Waals surface area contributed by atoms with Gasteiger partial charge < -0.3 is 15.0 Å². The Hall–Kier alpha value is -1.48. The van der Waals surface area contributed by atoms with Crippen LogP contribution in [-0.4, -0.2) is 48.4 Å². The Morgan fingerprint density at radius 3 is 2.76 bits per heavy atom. The van der Waals surface area contributed by atoms with E-state index < -0.39 is 0 Å². The number of benzene rings is 1. The lowest BCUT2D eigenvalue weighted by molar-refractivity contribution is 0.414. The van der Waals surface area contributed by atoms with Gasteiger partial charge in [0.1, 0.15) is 5.75 Å². The van der Waals surface area contributed by atoms with E-state index in [1.165, 1.54) is 0 Å². The van der Waals surface area contributed by atoms with Crippen LogP contribution >= 0.6 is 35.6 Å². The molecule has 0 radical (unpaired) electrons. The minimum absolute atomic E-state index is 0. The van der Waals surface area contributed by atoms with Crippen LogP contribution in [0.3, 0.4) is 0 Å². The van der Waals surface area contributed by atoms with Crippen LogP contribution in [-0.2, 0) is 20.0 Å². The van der Waals surface area contributed by atoms with Gasteiger partial charge in [0.15, 0.2) is 5.96 Å². The van der Waals surface area contributed by atoms with Crippen molar-refractivity contribution in [3.05, 3.63) is 46.7 Å². The Morgan fingerprint density at radius 2 is 2.20 bits per heavy atom. The molecule has 0 aliphatic carbocycles. The van der Waals surface area contributed by atoms with E-state index in [9.17, 15) is 0 Å². The van der Waals surface area contributed by atoms with Crippen molar-refractivity contribution in [2.45, 2.75) is 13.0 Å². The molecule has 2 aromatic rings. The standard InChI is InChI=1S/C17H24ClN5O.HI/c1-19-17(22(2)11-13-10-21-23(3)12-13)20-8-7-14-5-6-15(24-4)9-16(14)18;/h5-6,9-10,12H,7-8,11H2,1-4H3,(H,19,20);1H. The van der Waals surface area contributed by atoms with Gasteiger partial charge in [-0.3, -0.25) is 9.67 Å². The second kappa shape index (κ2) is 10.5. The average molecular weight is 478 g/mol. The highest BCUT2D eigenvalue weighted by atomic mass is 127. The number of methoxy groups -OCH3 is 1. The molecule has 0 atom stereocenters. The summed E-state index contributed by atoms with van der Waals surface area (Å²) in [6, 6.07) is 5.75. The number of aliphatic imine (C=N–C) groups is 1. The molecule has 0 saturated heterocycles. The van der Waals surface area contributed by atoms with Gasteiger partial charge in [0.2, 0.25) is 0 Å². The SMILES string of the molecule is CN=C(NCCc1ccc(OC)cc1Cl)N(C)Cc1cnn(C)c1.I. The fraction of sp³-hybridized carbons (Fsp3) is 0.412. The normalized spacial score (nSPS) is 11.0. The first kappa shape index (κ1) is 21.6. The molecule has 6 nitrogen and oxygen atoms in total. The van der Waals surface area contributed by atoms with E-state index in [-0.39, 0.29) is 24.0 Å². The summed E-state index contributed by atoms with van der Waals surface area (Å²) in [4.78, 5) is 6.39. The molecule has 0 fully saturated rings. The van der Waals surface area contributed by atoms with Crippen LogP contribution in [0.25, 0.3) is 0 Å². The molecule has 0 spiro atoms. The van der Waals surface area contributed by atoms with Crippen molar-refractivity contribution < 1.29 is 4.74 Å². The zero-order valence-electron chi connectivity index (χ0n) is 15.0. The highest BCUT2D eigenvalue weighted by Crippen LogP contribution is 2.22. The van der Waals surface area contributed by atoms with Crippen molar-refractivity contribution >= 4 is 41.5 Å². The van der Waals surface area contributed by atoms with Crippen LogP contribution < -0.4 is 10.1 Å². The van der Waals surface area contributed by atoms with E-state index in [0.717, 1.165) is 47.4 Å². The molecule has 1 heterocycles. The van der Waals surface area contributed by atoms with Crippen LogP contribution in [0.2, 0.25) is 5.02 Å². The molecule has 1 aromatic carbocycles. The van der Waals surface area contributed by atoms with Crippen molar-refractivity contribution in [3.8, 4) is 5.75 Å². The number of hydrogen-bond acceptors (Lipinski definition) is 3. The van der Waals surface area contributed by atoms with Gasteiger partial charge in [-0.1, -0.05) is 17.7 Å². The molecule has 1 aromatic heterocycles. The lowest BCUT2D eigenvalue weighted by atomic mass is 10.1. The number of aromatic nitrogens is 2. The van der Waals surface area contributed by atoms with E-state index in [0.29, 0.717) is 0 Å². The van der Waals surface area contributed by atoms with E-state index in [1.54, 1.807) is 18.8 Å². The number of nitrogens with one attached hydrogen (secondary N) is 1. The van der Waals surface area contributed by atoms with Crippen LogP contribution in [0.5, 0.6) is 5.75 Å². The molecular weight excluding hydrogens is 453 g/mol. The van der Waals surface area contributed by atoms with Crippen molar-refractivity contribution in [1.82, 2.24) is 20.0 Å². The first-order chi connectivity index (χ1) is 11.5. The summed E-state index contributed by atoms with van der Waals surface area (Å²) >= 11 is 6.27. The predicted octanol–water partition coefficient (Wildman–Crippen LogP) is 2.95. The average Bonchev–Trinajstić information content (AvgIpc) is 2.97.